The lowest BCUT2D eigenvalue weighted by atomic mass is 9.83. The van der Waals surface area contributed by atoms with Crippen molar-refractivity contribution in [1.82, 2.24) is 15.0 Å². The number of aryl methyl sites for hydroxylation is 1. The van der Waals surface area contributed by atoms with Crippen molar-refractivity contribution < 1.29 is 18.6 Å². The normalized spacial score (nSPS) is 21.1. The summed E-state index contributed by atoms with van der Waals surface area (Å²) >= 11 is 0. The number of rotatable bonds is 7. The Morgan fingerprint density at radius 2 is 2.06 bits per heavy atom. The van der Waals surface area contributed by atoms with Gasteiger partial charge >= 0.3 is 0 Å². The number of nitrogens with one attached hydrogen (secondary N) is 2. The number of methoxy groups -OCH3 is 2. The number of benzene rings is 1. The quantitative estimate of drug-likeness (QED) is 0.555. The third kappa shape index (κ3) is 3.93. The number of aromatic nitrogens is 3. The largest absolute Gasteiger partial charge is 0.488 e. The highest BCUT2D eigenvalue weighted by Gasteiger charge is 2.37. The van der Waals surface area contributed by atoms with E-state index in [1.54, 1.807) is 20.3 Å². The maximum absolute atomic E-state index is 14.0. The summed E-state index contributed by atoms with van der Waals surface area (Å²) in [7, 11) is 3.43. The first kappa shape index (κ1) is 21.2. The zero-order valence-corrected chi connectivity index (χ0v) is 18.5. The number of ether oxygens (including phenoxy) is 3. The Morgan fingerprint density at radius 3 is 2.84 bits per heavy atom. The number of aromatic amines is 1. The van der Waals surface area contributed by atoms with Gasteiger partial charge < -0.3 is 24.5 Å². The van der Waals surface area contributed by atoms with E-state index >= 15 is 0 Å². The number of H-pyrrole nitrogens is 1. The SMILES string of the molecule is COCC1(OC)CCc2[nH]c3ncnc(Nc4ccc(F)cc4OC4CCCC4)c3c2C1. The van der Waals surface area contributed by atoms with Gasteiger partial charge in [-0.1, -0.05) is 0 Å². The fraction of sp³-hybridized carbons (Fsp3) is 0.500. The third-order valence-electron chi connectivity index (χ3n) is 6.75. The molecule has 8 heteroatoms. The van der Waals surface area contributed by atoms with Crippen LogP contribution in [-0.4, -0.2) is 47.5 Å². The van der Waals surface area contributed by atoms with Gasteiger partial charge in [0.15, 0.2) is 0 Å². The van der Waals surface area contributed by atoms with Gasteiger partial charge in [0, 0.05) is 32.4 Å². The molecule has 0 bridgehead atoms. The predicted molar refractivity (Wildman–Crippen MR) is 120 cm³/mol. The molecular weight excluding hydrogens is 411 g/mol. The van der Waals surface area contributed by atoms with Crippen LogP contribution in [0.3, 0.4) is 0 Å². The molecule has 0 saturated heterocycles. The van der Waals surface area contributed by atoms with Gasteiger partial charge in [0.25, 0.3) is 0 Å². The lowest BCUT2D eigenvalue weighted by molar-refractivity contribution is -0.0721. The molecule has 2 N–H and O–H groups in total. The van der Waals surface area contributed by atoms with Gasteiger partial charge in [-0.05, 0) is 56.2 Å². The zero-order chi connectivity index (χ0) is 22.1. The monoisotopic (exact) mass is 440 g/mol. The van der Waals surface area contributed by atoms with Gasteiger partial charge in [0.05, 0.1) is 29.4 Å². The van der Waals surface area contributed by atoms with E-state index < -0.39 is 0 Å². The van der Waals surface area contributed by atoms with E-state index in [4.69, 9.17) is 14.2 Å². The number of hydrogen-bond donors (Lipinski definition) is 2. The first-order chi connectivity index (χ1) is 15.6. The lowest BCUT2D eigenvalue weighted by Crippen LogP contribution is -2.42. The summed E-state index contributed by atoms with van der Waals surface area (Å²) in [5.41, 5.74) is 3.37. The molecule has 3 aromatic rings. The first-order valence-corrected chi connectivity index (χ1v) is 11.2. The molecule has 2 aliphatic rings. The predicted octanol–water partition coefficient (Wildman–Crippen LogP) is 4.68. The molecule has 5 rings (SSSR count). The highest BCUT2D eigenvalue weighted by atomic mass is 19.1. The van der Waals surface area contributed by atoms with Crippen molar-refractivity contribution in [3.63, 3.8) is 0 Å². The van der Waals surface area contributed by atoms with E-state index in [0.29, 0.717) is 30.3 Å². The molecule has 32 heavy (non-hydrogen) atoms. The molecule has 1 unspecified atom stereocenters. The molecular formula is C24H29FN4O3. The highest BCUT2D eigenvalue weighted by Crippen LogP contribution is 2.39. The van der Waals surface area contributed by atoms with Crippen molar-refractivity contribution in [2.24, 2.45) is 0 Å². The van der Waals surface area contributed by atoms with Crippen molar-refractivity contribution in [3.05, 3.63) is 41.6 Å². The lowest BCUT2D eigenvalue weighted by Gasteiger charge is -2.35. The molecule has 1 atom stereocenters. The van der Waals surface area contributed by atoms with Crippen molar-refractivity contribution in [1.29, 1.82) is 0 Å². The summed E-state index contributed by atoms with van der Waals surface area (Å²) in [5.74, 6) is 0.859. The second-order valence-corrected chi connectivity index (χ2v) is 8.81. The fourth-order valence-electron chi connectivity index (χ4n) is 5.03. The van der Waals surface area contributed by atoms with Crippen molar-refractivity contribution in [2.75, 3.05) is 26.1 Å². The van der Waals surface area contributed by atoms with Crippen LogP contribution in [0.25, 0.3) is 11.0 Å². The average molecular weight is 441 g/mol. The van der Waals surface area contributed by atoms with E-state index in [9.17, 15) is 4.39 Å². The zero-order valence-electron chi connectivity index (χ0n) is 18.5. The molecule has 1 saturated carbocycles. The van der Waals surface area contributed by atoms with Crippen molar-refractivity contribution >= 4 is 22.5 Å². The van der Waals surface area contributed by atoms with E-state index in [1.165, 1.54) is 18.5 Å². The molecule has 170 valence electrons. The maximum Gasteiger partial charge on any atom is 0.146 e. The van der Waals surface area contributed by atoms with Crippen LogP contribution in [0.2, 0.25) is 0 Å². The van der Waals surface area contributed by atoms with Crippen LogP contribution >= 0.6 is 0 Å². The molecule has 2 aliphatic carbocycles. The minimum atomic E-state index is -0.378. The Balaban J connectivity index is 1.52. The van der Waals surface area contributed by atoms with Crippen LogP contribution in [0, 0.1) is 5.82 Å². The molecule has 2 aromatic heterocycles. The Bertz CT molecular complexity index is 1110. The first-order valence-electron chi connectivity index (χ1n) is 11.2. The molecule has 1 aromatic carbocycles. The van der Waals surface area contributed by atoms with Gasteiger partial charge in [-0.3, -0.25) is 0 Å². The molecule has 0 radical (unpaired) electrons. The number of nitrogens with zero attached hydrogens (tertiary/aromatic N) is 2. The second kappa shape index (κ2) is 8.67. The summed E-state index contributed by atoms with van der Waals surface area (Å²) in [4.78, 5) is 12.4. The van der Waals surface area contributed by atoms with Crippen LogP contribution in [0.4, 0.5) is 15.9 Å². The van der Waals surface area contributed by atoms with Gasteiger partial charge in [0.2, 0.25) is 0 Å². The van der Waals surface area contributed by atoms with E-state index in [0.717, 1.165) is 60.8 Å². The Labute approximate surface area is 186 Å². The minimum absolute atomic E-state index is 0.124. The van der Waals surface area contributed by atoms with Crippen LogP contribution < -0.4 is 10.1 Å². The molecule has 0 amide bonds. The summed E-state index contributed by atoms with van der Waals surface area (Å²) < 4.78 is 31.5. The van der Waals surface area contributed by atoms with Crippen LogP contribution in [0.1, 0.15) is 43.4 Å². The molecule has 1 fully saturated rings. The number of halogens is 1. The fourth-order valence-corrected chi connectivity index (χ4v) is 5.03. The molecule has 0 spiro atoms. The van der Waals surface area contributed by atoms with Crippen LogP contribution in [0.5, 0.6) is 5.75 Å². The topological polar surface area (TPSA) is 81.3 Å². The van der Waals surface area contributed by atoms with E-state index in [-0.39, 0.29) is 17.5 Å². The smallest absolute Gasteiger partial charge is 0.146 e. The standard InChI is InChI=1S/C24H29FN4O3/c1-30-13-24(31-2)10-9-18-17(12-24)21-22(28-18)26-14-27-23(21)29-19-8-7-15(25)11-20(19)32-16-5-3-4-6-16/h7-8,11,14,16H,3-6,9-10,12-13H2,1-2H3,(H2,26,27,28,29). The number of hydrogen-bond acceptors (Lipinski definition) is 6. The Hall–Kier alpha value is -2.71. The third-order valence-corrected chi connectivity index (χ3v) is 6.75. The van der Waals surface area contributed by atoms with Crippen molar-refractivity contribution in [3.8, 4) is 5.75 Å². The number of fused-ring (bicyclic) bond motifs is 3. The summed E-state index contributed by atoms with van der Waals surface area (Å²) in [6.45, 7) is 0.517. The number of anilines is 2. The van der Waals surface area contributed by atoms with Gasteiger partial charge in [0.1, 0.15) is 29.4 Å². The maximum atomic E-state index is 14.0. The second-order valence-electron chi connectivity index (χ2n) is 8.81. The Kier molecular flexibility index (Phi) is 5.73. The van der Waals surface area contributed by atoms with Gasteiger partial charge in [-0.2, -0.15) is 0 Å². The molecule has 7 nitrogen and oxygen atoms in total. The molecule has 0 aliphatic heterocycles. The van der Waals surface area contributed by atoms with Gasteiger partial charge in [-0.15, -0.1) is 0 Å². The summed E-state index contributed by atoms with van der Waals surface area (Å²) in [5, 5.41) is 4.32. The molecule has 2 heterocycles. The minimum Gasteiger partial charge on any atom is -0.488 e. The van der Waals surface area contributed by atoms with Crippen LogP contribution in [-0.2, 0) is 22.3 Å². The van der Waals surface area contributed by atoms with E-state index in [1.807, 2.05) is 0 Å². The van der Waals surface area contributed by atoms with Crippen LogP contribution in [0.15, 0.2) is 24.5 Å². The summed E-state index contributed by atoms with van der Waals surface area (Å²) in [6.07, 6.45) is 8.35. The summed E-state index contributed by atoms with van der Waals surface area (Å²) in [6, 6.07) is 4.58. The van der Waals surface area contributed by atoms with E-state index in [2.05, 4.69) is 20.3 Å². The van der Waals surface area contributed by atoms with Gasteiger partial charge in [-0.25, -0.2) is 14.4 Å². The van der Waals surface area contributed by atoms with Crippen molar-refractivity contribution in [2.45, 2.75) is 56.7 Å². The Morgan fingerprint density at radius 1 is 1.22 bits per heavy atom. The average Bonchev–Trinajstić information content (AvgIpc) is 3.43. The highest BCUT2D eigenvalue weighted by molar-refractivity contribution is 5.93.